The van der Waals surface area contributed by atoms with Gasteiger partial charge in [0.15, 0.2) is 18.6 Å². The summed E-state index contributed by atoms with van der Waals surface area (Å²) in [6.07, 6.45) is 18.2. The molecule has 2 saturated carbocycles. The number of nitrogens with zero attached hydrogens (tertiary/aromatic N) is 4. The van der Waals surface area contributed by atoms with Crippen LogP contribution in [0.15, 0.2) is 134 Å². The molecule has 0 bridgehead atoms. The summed E-state index contributed by atoms with van der Waals surface area (Å²) in [5, 5.41) is 0. The summed E-state index contributed by atoms with van der Waals surface area (Å²) in [4.78, 5) is 4.57. The average Bonchev–Trinajstić information content (AvgIpc) is 1.87. The number of rotatable bonds is 5. The highest BCUT2D eigenvalue weighted by molar-refractivity contribution is 5.87. The minimum Gasteiger partial charge on any atom is -0.260 e. The second-order valence-corrected chi connectivity index (χ2v) is 23.6. The van der Waals surface area contributed by atoms with E-state index in [-0.39, 0.29) is 0 Å². The molecule has 0 atom stereocenters. The Morgan fingerprint density at radius 1 is 0.430 bits per heavy atom. The molecule has 5 aromatic carbocycles. The standard InChI is InChI=1S/C28H32N.C27H30N.C20H19N2/c1-18-10-12-23-22(14-18)15-26-24(23)13-11-19(2)28(26)27-16-25(20(3)17-29(27)4)21-8-6-5-7-9-21;1-17-9-11-22-21(13-17)14-25-23(22)12-10-18(2)27(25)26-15-24(19(3)16-28(26)4)20-7-5-6-8-20;1-13-8-10-22(3)19(11-13)20-14(2)6-7-15-16-5-4-9-21-18(16)12-17(15)20/h10-14,16-17,21H,5-9,15H2,1-4H3;9-13,15-16,20H,5-8,14H2,1-4H3;4-11H,12H2,1-3H3/q3*+1/i3D3,21D;3D3,20D;. The highest BCUT2D eigenvalue weighted by Gasteiger charge is 2.32. The summed E-state index contributed by atoms with van der Waals surface area (Å²) in [6, 6.07) is 39.3. The van der Waals surface area contributed by atoms with Crippen molar-refractivity contribution in [3.05, 3.63) is 223 Å². The zero-order chi connectivity index (χ0) is 61.6. The van der Waals surface area contributed by atoms with Gasteiger partial charge in [-0.15, -0.1) is 0 Å². The van der Waals surface area contributed by atoms with Crippen LogP contribution in [0.4, 0.5) is 0 Å². The molecule has 14 rings (SSSR count). The second kappa shape index (κ2) is 21.4. The van der Waals surface area contributed by atoms with E-state index in [0.29, 0.717) is 22.3 Å². The Morgan fingerprint density at radius 2 is 0.861 bits per heavy atom. The third kappa shape index (κ3) is 9.78. The Kier molecular flexibility index (Phi) is 11.8. The molecular formula is C75H81N4+3. The fraction of sp³-hybridized carbons (Fsp3) is 0.333. The number of pyridine rings is 4. The van der Waals surface area contributed by atoms with E-state index in [0.717, 1.165) is 88.4 Å². The molecule has 0 N–H and O–H groups in total. The van der Waals surface area contributed by atoms with Gasteiger partial charge in [-0.1, -0.05) is 122 Å². The number of fused-ring (bicyclic) bond motifs is 9. The van der Waals surface area contributed by atoms with Crippen LogP contribution in [0, 0.1) is 55.2 Å². The van der Waals surface area contributed by atoms with Crippen molar-refractivity contribution >= 4 is 0 Å². The zero-order valence-electron chi connectivity index (χ0n) is 56.0. The van der Waals surface area contributed by atoms with Crippen molar-refractivity contribution in [3.63, 3.8) is 0 Å². The van der Waals surface area contributed by atoms with Crippen molar-refractivity contribution in [1.29, 1.82) is 0 Å². The maximum Gasteiger partial charge on any atom is 0.213 e. The normalized spacial score (nSPS) is 17.4. The summed E-state index contributed by atoms with van der Waals surface area (Å²) < 4.78 is 73.6. The second-order valence-electron chi connectivity index (χ2n) is 23.6. The molecule has 0 amide bonds. The molecule has 4 heterocycles. The van der Waals surface area contributed by atoms with Gasteiger partial charge in [0.05, 0.1) is 22.4 Å². The third-order valence-corrected chi connectivity index (χ3v) is 18.0. The Hall–Kier alpha value is -7.30. The minimum atomic E-state index is -2.24. The van der Waals surface area contributed by atoms with E-state index in [1.807, 2.05) is 47.6 Å². The van der Waals surface area contributed by atoms with Gasteiger partial charge >= 0.3 is 0 Å². The molecule has 2 fully saturated rings. The molecule has 5 aliphatic carbocycles. The maximum absolute atomic E-state index is 9.29. The average molecular weight is 1050 g/mol. The van der Waals surface area contributed by atoms with Gasteiger partial charge in [-0.05, 0) is 201 Å². The lowest BCUT2D eigenvalue weighted by atomic mass is 9.82. The number of benzene rings is 5. The van der Waals surface area contributed by atoms with Gasteiger partial charge in [-0.2, -0.15) is 0 Å². The Labute approximate surface area is 483 Å². The highest BCUT2D eigenvalue weighted by Crippen LogP contribution is 2.47. The van der Waals surface area contributed by atoms with Crippen molar-refractivity contribution in [2.24, 2.45) is 21.1 Å². The topological polar surface area (TPSA) is 24.5 Å². The van der Waals surface area contributed by atoms with Crippen LogP contribution >= 0.6 is 0 Å². The van der Waals surface area contributed by atoms with E-state index in [9.17, 15) is 1.37 Å². The minimum absolute atomic E-state index is 0.324. The van der Waals surface area contributed by atoms with Crippen LogP contribution in [0.3, 0.4) is 0 Å². The lowest BCUT2D eigenvalue weighted by molar-refractivity contribution is -0.661. The molecule has 4 aromatic heterocycles. The Morgan fingerprint density at radius 3 is 1.35 bits per heavy atom. The monoisotopic (exact) mass is 1050 g/mol. The molecule has 0 saturated heterocycles. The molecule has 4 nitrogen and oxygen atoms in total. The Balaban J connectivity index is 0.000000130. The maximum atomic E-state index is 9.29. The van der Waals surface area contributed by atoms with E-state index in [2.05, 4.69) is 155 Å². The number of aryl methyl sites for hydroxylation is 11. The van der Waals surface area contributed by atoms with Gasteiger partial charge in [0.25, 0.3) is 0 Å². The van der Waals surface area contributed by atoms with Crippen LogP contribution in [-0.2, 0) is 40.4 Å². The first-order chi connectivity index (χ1) is 41.3. The lowest BCUT2D eigenvalue weighted by Gasteiger charge is -2.23. The van der Waals surface area contributed by atoms with Gasteiger partial charge in [0.2, 0.25) is 17.1 Å². The smallest absolute Gasteiger partial charge is 0.213 e. The summed E-state index contributed by atoms with van der Waals surface area (Å²) in [5.74, 6) is -1.66. The van der Waals surface area contributed by atoms with Crippen molar-refractivity contribution in [1.82, 2.24) is 4.98 Å². The lowest BCUT2D eigenvalue weighted by Crippen LogP contribution is -2.32. The Bertz CT molecular complexity index is 4230. The summed E-state index contributed by atoms with van der Waals surface area (Å²) in [6.45, 7) is 8.41. The van der Waals surface area contributed by atoms with Crippen LogP contribution in [-0.4, -0.2) is 4.98 Å². The van der Waals surface area contributed by atoms with E-state index >= 15 is 0 Å². The molecule has 4 heteroatoms. The van der Waals surface area contributed by atoms with Crippen LogP contribution in [0.25, 0.3) is 67.2 Å². The summed E-state index contributed by atoms with van der Waals surface area (Å²) in [7, 11) is 6.00. The number of hydrogen-bond donors (Lipinski definition) is 0. The molecule has 9 aromatic rings. The predicted molar refractivity (Wildman–Crippen MR) is 327 cm³/mol. The quantitative estimate of drug-likeness (QED) is 0.158. The van der Waals surface area contributed by atoms with Crippen molar-refractivity contribution in [3.8, 4) is 67.2 Å². The van der Waals surface area contributed by atoms with E-state index in [1.165, 1.54) is 123 Å². The third-order valence-electron chi connectivity index (χ3n) is 18.0. The first-order valence-electron chi connectivity index (χ1n) is 32.9. The molecule has 398 valence electrons. The van der Waals surface area contributed by atoms with Gasteiger partial charge in [0.1, 0.15) is 21.1 Å². The number of hydrogen-bond acceptors (Lipinski definition) is 1. The van der Waals surface area contributed by atoms with Gasteiger partial charge in [-0.3, -0.25) is 4.98 Å². The molecule has 5 aliphatic rings. The van der Waals surface area contributed by atoms with Crippen LogP contribution in [0.1, 0.15) is 170 Å². The number of aromatic nitrogens is 4. The van der Waals surface area contributed by atoms with Crippen molar-refractivity contribution in [2.45, 2.75) is 144 Å². The summed E-state index contributed by atoms with van der Waals surface area (Å²) in [5.41, 5.74) is 32.2. The fourth-order valence-corrected chi connectivity index (χ4v) is 13.9. The van der Waals surface area contributed by atoms with Gasteiger partial charge in [0, 0.05) is 64.5 Å². The first-order valence-corrected chi connectivity index (χ1v) is 28.9. The van der Waals surface area contributed by atoms with Crippen molar-refractivity contribution < 1.29 is 24.7 Å². The van der Waals surface area contributed by atoms with E-state index < -0.39 is 25.5 Å². The SMILES string of the molecule is Cc1cc[n+](C)c(-c2c(C)ccc3c2Cc2ncccc2-3)c1.[2H]C([2H])([2H])c1c[n+](C)c(-c2c(C)ccc3c2Cc2cc(C)ccc2-3)cc1C1([2H])CCCC1.[2H]C([2H])([2H])c1c[n+](C)c(-c2c(C)ccc3c2Cc2cc(C)ccc2-3)cc1C1([2H])CCCCC1. The van der Waals surface area contributed by atoms with Crippen LogP contribution in [0.5, 0.6) is 0 Å². The molecular weight excluding hydrogens is 957 g/mol. The summed E-state index contributed by atoms with van der Waals surface area (Å²) >= 11 is 0. The van der Waals surface area contributed by atoms with Crippen LogP contribution < -0.4 is 13.7 Å². The molecule has 0 unspecified atom stereocenters. The zero-order valence-corrected chi connectivity index (χ0v) is 48.0. The predicted octanol–water partition coefficient (Wildman–Crippen LogP) is 16.8. The van der Waals surface area contributed by atoms with Crippen LogP contribution in [0.2, 0.25) is 0 Å². The van der Waals surface area contributed by atoms with Gasteiger partial charge in [-0.25, -0.2) is 13.7 Å². The molecule has 79 heavy (non-hydrogen) atoms. The fourth-order valence-electron chi connectivity index (χ4n) is 13.9. The molecule has 0 aliphatic heterocycles. The van der Waals surface area contributed by atoms with E-state index in [1.54, 1.807) is 12.4 Å². The first kappa shape index (κ1) is 43.6. The molecule has 0 radical (unpaired) electrons. The van der Waals surface area contributed by atoms with Gasteiger partial charge < -0.3 is 0 Å². The highest BCUT2D eigenvalue weighted by atomic mass is 14.9. The van der Waals surface area contributed by atoms with Crippen molar-refractivity contribution in [2.75, 3.05) is 0 Å². The van der Waals surface area contributed by atoms with E-state index in [4.69, 9.17) is 9.60 Å². The largest absolute Gasteiger partial charge is 0.260 e. The molecule has 0 spiro atoms.